The molecule has 1 unspecified atom stereocenters. The standard InChI is InChI=1S/C20H28N2OS/c1-4-15(2)16(3)8-7-13-24-21-14-18-11-5-9-17-10-6-12-19(23)20(17)22-18/h5-8,10-12,18,21-23H,4,9,13-14H2,1-3H3. The smallest absolute Gasteiger partial charge is 0.138 e. The molecule has 1 aromatic rings. The third kappa shape index (κ3) is 5.46. The fourth-order valence-corrected chi connectivity index (χ4v) is 3.14. The molecule has 0 spiro atoms. The molecule has 1 aliphatic rings. The summed E-state index contributed by atoms with van der Waals surface area (Å²) in [7, 11) is 0. The zero-order valence-corrected chi connectivity index (χ0v) is 15.6. The van der Waals surface area contributed by atoms with Gasteiger partial charge in [-0.2, -0.15) is 0 Å². The average molecular weight is 345 g/mol. The molecule has 1 aromatic carbocycles. The van der Waals surface area contributed by atoms with Crippen LogP contribution in [0.5, 0.6) is 5.75 Å². The first-order valence-corrected chi connectivity index (χ1v) is 9.52. The van der Waals surface area contributed by atoms with Crippen LogP contribution < -0.4 is 10.0 Å². The van der Waals surface area contributed by atoms with E-state index in [-0.39, 0.29) is 6.04 Å². The van der Waals surface area contributed by atoms with Gasteiger partial charge in [-0.1, -0.05) is 66.5 Å². The lowest BCUT2D eigenvalue weighted by Crippen LogP contribution is -2.28. The number of rotatable bonds is 7. The molecule has 0 saturated carbocycles. The Bertz CT molecular complexity index is 635. The Balaban J connectivity index is 1.77. The van der Waals surface area contributed by atoms with Gasteiger partial charge < -0.3 is 10.4 Å². The van der Waals surface area contributed by atoms with E-state index in [0.29, 0.717) is 5.75 Å². The third-order valence-corrected chi connectivity index (χ3v) is 5.05. The van der Waals surface area contributed by atoms with Crippen molar-refractivity contribution < 1.29 is 5.11 Å². The fraction of sp³-hybridized carbons (Fsp3) is 0.400. The molecular formula is C20H28N2OS. The molecule has 0 aliphatic carbocycles. The second-order valence-electron chi connectivity index (χ2n) is 6.07. The van der Waals surface area contributed by atoms with Gasteiger partial charge in [0.25, 0.3) is 0 Å². The van der Waals surface area contributed by atoms with E-state index < -0.39 is 0 Å². The summed E-state index contributed by atoms with van der Waals surface area (Å²) < 4.78 is 3.40. The van der Waals surface area contributed by atoms with Gasteiger partial charge >= 0.3 is 0 Å². The number of benzene rings is 1. The Morgan fingerprint density at radius 3 is 3.04 bits per heavy atom. The van der Waals surface area contributed by atoms with E-state index in [2.05, 4.69) is 61.2 Å². The van der Waals surface area contributed by atoms with Crippen LogP contribution in [-0.4, -0.2) is 23.4 Å². The van der Waals surface area contributed by atoms with Crippen LogP contribution in [0.15, 0.2) is 53.6 Å². The van der Waals surface area contributed by atoms with Crippen molar-refractivity contribution in [3.63, 3.8) is 0 Å². The van der Waals surface area contributed by atoms with E-state index in [4.69, 9.17) is 0 Å². The summed E-state index contributed by atoms with van der Waals surface area (Å²) in [4.78, 5) is 0. The number of fused-ring (bicyclic) bond motifs is 1. The quantitative estimate of drug-likeness (QED) is 0.218. The molecule has 1 atom stereocenters. The SMILES string of the molecule is CCC(C)=C(C)C=CCSNCC1C=CCc2cccc(O)c2N1. The van der Waals surface area contributed by atoms with E-state index >= 15 is 0 Å². The first-order chi connectivity index (χ1) is 11.6. The number of para-hydroxylation sites is 1. The number of phenols is 1. The Morgan fingerprint density at radius 1 is 1.42 bits per heavy atom. The summed E-state index contributed by atoms with van der Waals surface area (Å²) in [5.74, 6) is 1.26. The monoisotopic (exact) mass is 344 g/mol. The van der Waals surface area contributed by atoms with Crippen LogP contribution in [0, 0.1) is 0 Å². The number of allylic oxidation sites excluding steroid dienone is 4. The van der Waals surface area contributed by atoms with Crippen molar-refractivity contribution in [2.45, 2.75) is 39.7 Å². The second kappa shape index (κ2) is 9.60. The van der Waals surface area contributed by atoms with Gasteiger partial charge in [0, 0.05) is 12.3 Å². The first-order valence-electron chi connectivity index (χ1n) is 8.53. The summed E-state index contributed by atoms with van der Waals surface area (Å²) >= 11 is 1.70. The molecule has 0 bridgehead atoms. The van der Waals surface area contributed by atoms with Gasteiger partial charge in [-0.3, -0.25) is 4.72 Å². The van der Waals surface area contributed by atoms with Crippen LogP contribution in [0.3, 0.4) is 0 Å². The lowest BCUT2D eigenvalue weighted by molar-refractivity contribution is 0.476. The van der Waals surface area contributed by atoms with Gasteiger partial charge in [-0.05, 0) is 38.3 Å². The molecule has 0 aromatic heterocycles. The highest BCUT2D eigenvalue weighted by Gasteiger charge is 2.14. The molecule has 3 N–H and O–H groups in total. The molecule has 1 aliphatic heterocycles. The molecule has 130 valence electrons. The molecule has 0 fully saturated rings. The Kier molecular flexibility index (Phi) is 7.47. The maximum Gasteiger partial charge on any atom is 0.138 e. The van der Waals surface area contributed by atoms with Gasteiger partial charge in [0.05, 0.1) is 11.7 Å². The molecule has 4 heteroatoms. The largest absolute Gasteiger partial charge is 0.506 e. The average Bonchev–Trinajstić information content (AvgIpc) is 2.80. The number of phenolic OH excluding ortho intramolecular Hbond substituents is 1. The highest BCUT2D eigenvalue weighted by Crippen LogP contribution is 2.30. The molecule has 0 saturated heterocycles. The highest BCUT2D eigenvalue weighted by atomic mass is 32.2. The second-order valence-corrected chi connectivity index (χ2v) is 6.98. The van der Waals surface area contributed by atoms with E-state index in [1.165, 1.54) is 11.1 Å². The van der Waals surface area contributed by atoms with Crippen molar-refractivity contribution in [2.75, 3.05) is 17.6 Å². The maximum absolute atomic E-state index is 10.0. The maximum atomic E-state index is 10.0. The van der Waals surface area contributed by atoms with Crippen molar-refractivity contribution in [1.29, 1.82) is 0 Å². The van der Waals surface area contributed by atoms with Crippen molar-refractivity contribution in [3.8, 4) is 5.75 Å². The van der Waals surface area contributed by atoms with Crippen molar-refractivity contribution in [2.24, 2.45) is 0 Å². The van der Waals surface area contributed by atoms with Crippen molar-refractivity contribution >= 4 is 17.6 Å². The Labute approximate surface area is 150 Å². The number of nitrogens with one attached hydrogen (secondary N) is 2. The van der Waals surface area contributed by atoms with E-state index in [0.717, 1.165) is 36.4 Å². The van der Waals surface area contributed by atoms with E-state index in [1.54, 1.807) is 18.0 Å². The molecule has 3 nitrogen and oxygen atoms in total. The van der Waals surface area contributed by atoms with Gasteiger partial charge in [-0.25, -0.2) is 0 Å². The van der Waals surface area contributed by atoms with Gasteiger partial charge in [0.1, 0.15) is 5.75 Å². The summed E-state index contributed by atoms with van der Waals surface area (Å²) in [6, 6.07) is 5.85. The normalized spacial score (nSPS) is 18.0. The van der Waals surface area contributed by atoms with Crippen molar-refractivity contribution in [1.82, 2.24) is 4.72 Å². The van der Waals surface area contributed by atoms with Gasteiger partial charge in [-0.15, -0.1) is 0 Å². The minimum Gasteiger partial charge on any atom is -0.506 e. The molecule has 24 heavy (non-hydrogen) atoms. The predicted octanol–water partition coefficient (Wildman–Crippen LogP) is 4.83. The summed E-state index contributed by atoms with van der Waals surface area (Å²) in [6.07, 6.45) is 10.7. The van der Waals surface area contributed by atoms with E-state index in [1.807, 2.05) is 6.07 Å². The lowest BCUT2D eigenvalue weighted by atomic mass is 10.1. The fourth-order valence-electron chi connectivity index (χ4n) is 2.54. The molecule has 0 amide bonds. The zero-order chi connectivity index (χ0) is 17.4. The molecule has 0 radical (unpaired) electrons. The predicted molar refractivity (Wildman–Crippen MR) is 107 cm³/mol. The number of hydrogen-bond donors (Lipinski definition) is 3. The van der Waals surface area contributed by atoms with Crippen LogP contribution in [0.1, 0.15) is 32.8 Å². The summed E-state index contributed by atoms with van der Waals surface area (Å²) in [5, 5.41) is 13.4. The molecule has 1 heterocycles. The summed E-state index contributed by atoms with van der Waals surface area (Å²) in [5.41, 5.74) is 4.79. The molecular weight excluding hydrogens is 316 g/mol. The first kappa shape index (κ1) is 18.7. The van der Waals surface area contributed by atoms with Crippen LogP contribution in [-0.2, 0) is 6.42 Å². The van der Waals surface area contributed by atoms with Crippen LogP contribution in [0.2, 0.25) is 0 Å². The third-order valence-electron chi connectivity index (χ3n) is 4.32. The summed E-state index contributed by atoms with van der Waals surface area (Å²) in [6.45, 7) is 7.34. The van der Waals surface area contributed by atoms with Crippen molar-refractivity contribution in [3.05, 3.63) is 59.2 Å². The van der Waals surface area contributed by atoms with E-state index in [9.17, 15) is 5.11 Å². The highest BCUT2D eigenvalue weighted by molar-refractivity contribution is 7.97. The van der Waals surface area contributed by atoms with Gasteiger partial charge in [0.15, 0.2) is 0 Å². The Hall–Kier alpha value is -1.65. The van der Waals surface area contributed by atoms with Crippen LogP contribution >= 0.6 is 11.9 Å². The number of aromatic hydroxyl groups is 1. The molecule has 2 rings (SSSR count). The minimum absolute atomic E-state index is 0.181. The van der Waals surface area contributed by atoms with Crippen LogP contribution in [0.4, 0.5) is 5.69 Å². The lowest BCUT2D eigenvalue weighted by Gasteiger charge is -2.17. The number of anilines is 1. The number of hydrogen-bond acceptors (Lipinski definition) is 4. The van der Waals surface area contributed by atoms with Crippen LogP contribution in [0.25, 0.3) is 0 Å². The van der Waals surface area contributed by atoms with Gasteiger partial charge in [0.2, 0.25) is 0 Å². The zero-order valence-electron chi connectivity index (χ0n) is 14.8. The topological polar surface area (TPSA) is 44.3 Å². The Morgan fingerprint density at radius 2 is 2.25 bits per heavy atom. The minimum atomic E-state index is 0.181.